The maximum atomic E-state index is 5.84. The van der Waals surface area contributed by atoms with Crippen molar-refractivity contribution in [3.63, 3.8) is 0 Å². The Bertz CT molecular complexity index is 525. The Kier molecular flexibility index (Phi) is 4.39. The standard InChI is InChI=1S/C15H16BrNO/c1-11(17)9-12-5-4-6-13(10-12)18-15-8-3-2-7-14(15)16/h2-8,10-11H,9,17H2,1H3. The lowest BCUT2D eigenvalue weighted by atomic mass is 10.1. The minimum absolute atomic E-state index is 0.156. The van der Waals surface area contributed by atoms with E-state index in [4.69, 9.17) is 10.5 Å². The molecule has 0 aliphatic carbocycles. The number of nitrogens with two attached hydrogens (primary N) is 1. The van der Waals surface area contributed by atoms with Gasteiger partial charge in [-0.2, -0.15) is 0 Å². The first-order valence-corrected chi connectivity index (χ1v) is 6.71. The molecule has 0 saturated heterocycles. The third kappa shape index (κ3) is 3.59. The van der Waals surface area contributed by atoms with Gasteiger partial charge in [-0.1, -0.05) is 24.3 Å². The van der Waals surface area contributed by atoms with Gasteiger partial charge >= 0.3 is 0 Å². The third-order valence-corrected chi connectivity index (χ3v) is 3.18. The molecular weight excluding hydrogens is 290 g/mol. The van der Waals surface area contributed by atoms with Crippen molar-refractivity contribution in [3.05, 3.63) is 58.6 Å². The van der Waals surface area contributed by atoms with Crippen molar-refractivity contribution in [1.29, 1.82) is 0 Å². The first-order valence-electron chi connectivity index (χ1n) is 5.92. The van der Waals surface area contributed by atoms with E-state index in [1.165, 1.54) is 5.56 Å². The molecule has 0 bridgehead atoms. The average molecular weight is 306 g/mol. The summed E-state index contributed by atoms with van der Waals surface area (Å²) in [5.41, 5.74) is 6.99. The van der Waals surface area contributed by atoms with Crippen LogP contribution in [0.5, 0.6) is 11.5 Å². The summed E-state index contributed by atoms with van der Waals surface area (Å²) in [5, 5.41) is 0. The Morgan fingerprint density at radius 3 is 2.67 bits per heavy atom. The molecule has 0 aliphatic rings. The van der Waals surface area contributed by atoms with Crippen molar-refractivity contribution in [2.45, 2.75) is 19.4 Å². The summed E-state index contributed by atoms with van der Waals surface area (Å²) in [4.78, 5) is 0. The van der Waals surface area contributed by atoms with Gasteiger partial charge in [0, 0.05) is 6.04 Å². The first kappa shape index (κ1) is 13.1. The van der Waals surface area contributed by atoms with Gasteiger partial charge in [-0.05, 0) is 59.1 Å². The molecule has 0 radical (unpaired) electrons. The Balaban J connectivity index is 2.17. The number of ether oxygens (including phenoxy) is 1. The molecule has 2 N–H and O–H groups in total. The van der Waals surface area contributed by atoms with Gasteiger partial charge in [-0.15, -0.1) is 0 Å². The number of hydrogen-bond donors (Lipinski definition) is 1. The number of hydrogen-bond acceptors (Lipinski definition) is 2. The topological polar surface area (TPSA) is 35.2 Å². The minimum Gasteiger partial charge on any atom is -0.456 e. The van der Waals surface area contributed by atoms with Crippen LogP contribution in [0.2, 0.25) is 0 Å². The summed E-state index contributed by atoms with van der Waals surface area (Å²) in [6, 6.07) is 16.0. The molecule has 2 nitrogen and oxygen atoms in total. The molecule has 18 heavy (non-hydrogen) atoms. The van der Waals surface area contributed by atoms with E-state index >= 15 is 0 Å². The smallest absolute Gasteiger partial charge is 0.141 e. The van der Waals surface area contributed by atoms with Crippen molar-refractivity contribution < 1.29 is 4.74 Å². The second-order valence-electron chi connectivity index (χ2n) is 4.36. The normalized spacial score (nSPS) is 12.2. The van der Waals surface area contributed by atoms with Crippen LogP contribution in [0.1, 0.15) is 12.5 Å². The second-order valence-corrected chi connectivity index (χ2v) is 5.22. The van der Waals surface area contributed by atoms with Gasteiger partial charge in [0.15, 0.2) is 0 Å². The molecule has 2 aromatic rings. The highest BCUT2D eigenvalue weighted by atomic mass is 79.9. The Morgan fingerprint density at radius 1 is 1.17 bits per heavy atom. The zero-order valence-electron chi connectivity index (χ0n) is 10.3. The Labute approximate surface area is 116 Å². The third-order valence-electron chi connectivity index (χ3n) is 2.52. The fourth-order valence-electron chi connectivity index (χ4n) is 1.76. The molecule has 0 spiro atoms. The Morgan fingerprint density at radius 2 is 1.94 bits per heavy atom. The maximum Gasteiger partial charge on any atom is 0.141 e. The van der Waals surface area contributed by atoms with Crippen LogP contribution in [0.4, 0.5) is 0 Å². The van der Waals surface area contributed by atoms with Gasteiger partial charge in [0.1, 0.15) is 11.5 Å². The van der Waals surface area contributed by atoms with Crippen LogP contribution in [0.25, 0.3) is 0 Å². The van der Waals surface area contributed by atoms with E-state index in [-0.39, 0.29) is 6.04 Å². The molecule has 2 rings (SSSR count). The zero-order valence-corrected chi connectivity index (χ0v) is 11.9. The minimum atomic E-state index is 0.156. The molecule has 3 heteroatoms. The summed E-state index contributed by atoms with van der Waals surface area (Å²) < 4.78 is 6.79. The van der Waals surface area contributed by atoms with Crippen molar-refractivity contribution in [2.75, 3.05) is 0 Å². The van der Waals surface area contributed by atoms with E-state index in [9.17, 15) is 0 Å². The highest BCUT2D eigenvalue weighted by Crippen LogP contribution is 2.29. The van der Waals surface area contributed by atoms with Crippen LogP contribution in [0.15, 0.2) is 53.0 Å². The van der Waals surface area contributed by atoms with Crippen LogP contribution >= 0.6 is 15.9 Å². The number of benzene rings is 2. The summed E-state index contributed by atoms with van der Waals surface area (Å²) >= 11 is 3.47. The average Bonchev–Trinajstić information content (AvgIpc) is 2.32. The fraction of sp³-hybridized carbons (Fsp3) is 0.200. The molecule has 0 aliphatic heterocycles. The van der Waals surface area contributed by atoms with Crippen molar-refractivity contribution in [3.8, 4) is 11.5 Å². The molecule has 1 unspecified atom stereocenters. The molecule has 0 aromatic heterocycles. The maximum absolute atomic E-state index is 5.84. The zero-order chi connectivity index (χ0) is 13.0. The number of rotatable bonds is 4. The van der Waals surface area contributed by atoms with Crippen molar-refractivity contribution >= 4 is 15.9 Å². The molecular formula is C15H16BrNO. The van der Waals surface area contributed by atoms with Gasteiger partial charge in [0.2, 0.25) is 0 Å². The van der Waals surface area contributed by atoms with Crippen molar-refractivity contribution in [2.24, 2.45) is 5.73 Å². The lowest BCUT2D eigenvalue weighted by Crippen LogP contribution is -2.17. The highest BCUT2D eigenvalue weighted by Gasteiger charge is 2.03. The predicted octanol–water partition coefficient (Wildman–Crippen LogP) is 4.13. The summed E-state index contributed by atoms with van der Waals surface area (Å²) in [6.07, 6.45) is 0.854. The molecule has 0 heterocycles. The lowest BCUT2D eigenvalue weighted by Gasteiger charge is -2.10. The second kappa shape index (κ2) is 6.03. The van der Waals surface area contributed by atoms with Gasteiger partial charge < -0.3 is 10.5 Å². The van der Waals surface area contributed by atoms with Gasteiger partial charge in [-0.25, -0.2) is 0 Å². The van der Waals surface area contributed by atoms with Gasteiger partial charge in [0.25, 0.3) is 0 Å². The summed E-state index contributed by atoms with van der Waals surface area (Å²) in [6.45, 7) is 2.00. The summed E-state index contributed by atoms with van der Waals surface area (Å²) in [5.74, 6) is 1.65. The SMILES string of the molecule is CC(N)Cc1cccc(Oc2ccccc2Br)c1. The predicted molar refractivity (Wildman–Crippen MR) is 78.0 cm³/mol. The van der Waals surface area contributed by atoms with Crippen LogP contribution in [-0.4, -0.2) is 6.04 Å². The van der Waals surface area contributed by atoms with Crippen molar-refractivity contribution in [1.82, 2.24) is 0 Å². The largest absolute Gasteiger partial charge is 0.456 e. The highest BCUT2D eigenvalue weighted by molar-refractivity contribution is 9.10. The molecule has 1 atom stereocenters. The monoisotopic (exact) mass is 305 g/mol. The number of halogens is 1. The fourth-order valence-corrected chi connectivity index (χ4v) is 2.13. The van der Waals surface area contributed by atoms with E-state index in [1.54, 1.807) is 0 Å². The van der Waals surface area contributed by atoms with E-state index in [1.807, 2.05) is 49.4 Å². The Hall–Kier alpha value is -1.32. The van der Waals surface area contributed by atoms with Gasteiger partial charge in [0.05, 0.1) is 4.47 Å². The van der Waals surface area contributed by atoms with Gasteiger partial charge in [-0.3, -0.25) is 0 Å². The molecule has 94 valence electrons. The van der Waals surface area contributed by atoms with Crippen LogP contribution in [0, 0.1) is 0 Å². The van der Waals surface area contributed by atoms with Crippen LogP contribution in [0.3, 0.4) is 0 Å². The molecule has 0 saturated carbocycles. The quantitative estimate of drug-likeness (QED) is 0.921. The van der Waals surface area contributed by atoms with E-state index in [0.29, 0.717) is 0 Å². The van der Waals surface area contributed by atoms with E-state index < -0.39 is 0 Å². The van der Waals surface area contributed by atoms with E-state index in [0.717, 1.165) is 22.4 Å². The van der Waals surface area contributed by atoms with E-state index in [2.05, 4.69) is 22.0 Å². The molecule has 0 amide bonds. The molecule has 0 fully saturated rings. The number of para-hydroxylation sites is 1. The summed E-state index contributed by atoms with van der Waals surface area (Å²) in [7, 11) is 0. The lowest BCUT2D eigenvalue weighted by molar-refractivity contribution is 0.478. The first-order chi connectivity index (χ1) is 8.65. The molecule has 2 aromatic carbocycles. The van der Waals surface area contributed by atoms with Crippen LogP contribution < -0.4 is 10.5 Å². The van der Waals surface area contributed by atoms with Crippen LogP contribution in [-0.2, 0) is 6.42 Å².